The molecule has 5 nitrogen and oxygen atoms in total. The highest BCUT2D eigenvalue weighted by Gasteiger charge is 2.91. The van der Waals surface area contributed by atoms with Gasteiger partial charge in [0, 0.05) is 5.92 Å². The second-order valence-electron chi connectivity index (χ2n) is 7.17. The van der Waals surface area contributed by atoms with Gasteiger partial charge in [-0.1, -0.05) is 26.0 Å². The number of benzene rings is 1. The van der Waals surface area contributed by atoms with Gasteiger partial charge in [-0.15, -0.1) is 36.7 Å². The molecule has 0 saturated heterocycles. The Kier molecular flexibility index (Phi) is 5.96. The Labute approximate surface area is 181 Å². The second-order valence-corrected chi connectivity index (χ2v) is 10.00. The number of halogens is 3. The van der Waals surface area contributed by atoms with E-state index in [1.54, 1.807) is 0 Å². The van der Waals surface area contributed by atoms with E-state index in [1.807, 2.05) is 13.8 Å². The van der Waals surface area contributed by atoms with Crippen LogP contribution < -0.4 is 10.5 Å². The molecule has 2 N–H and O–H groups in total. The number of amidine groups is 1. The standard InChI is InChI=1S/C20H21F3N4OS2/c1-3-9-29-19(30-10-4-2)18(12-25)15(17(18,11-24)16(26)27-19)13-5-7-14(8-6-13)28-20(21,22)23/h5-8,15H,3-4,9-10H2,1-2H3,(H2,26,27). The summed E-state index contributed by atoms with van der Waals surface area (Å²) in [6, 6.07) is 9.95. The highest BCUT2D eigenvalue weighted by molar-refractivity contribution is 8.18. The molecule has 0 bridgehead atoms. The van der Waals surface area contributed by atoms with E-state index < -0.39 is 27.3 Å². The van der Waals surface area contributed by atoms with E-state index in [0.29, 0.717) is 5.56 Å². The van der Waals surface area contributed by atoms with E-state index in [4.69, 9.17) is 5.73 Å². The van der Waals surface area contributed by atoms with Crippen LogP contribution in [-0.4, -0.2) is 27.9 Å². The van der Waals surface area contributed by atoms with Crippen molar-refractivity contribution in [3.8, 4) is 17.9 Å². The van der Waals surface area contributed by atoms with Gasteiger partial charge in [0.25, 0.3) is 0 Å². The largest absolute Gasteiger partial charge is 0.573 e. The summed E-state index contributed by atoms with van der Waals surface area (Å²) in [6.07, 6.45) is -3.06. The third kappa shape index (κ3) is 3.12. The lowest BCUT2D eigenvalue weighted by molar-refractivity contribution is -0.274. The molecule has 1 aliphatic heterocycles. The number of nitrogens with zero attached hydrogens (tertiary/aromatic N) is 3. The van der Waals surface area contributed by atoms with Crippen LogP contribution in [0.5, 0.6) is 5.75 Å². The van der Waals surface area contributed by atoms with Gasteiger partial charge in [-0.3, -0.25) is 0 Å². The molecule has 10 heteroatoms. The maximum absolute atomic E-state index is 12.5. The van der Waals surface area contributed by atoms with Gasteiger partial charge in [0.1, 0.15) is 22.4 Å². The first kappa shape index (κ1) is 22.6. The minimum atomic E-state index is -4.79. The van der Waals surface area contributed by atoms with Gasteiger partial charge in [0.05, 0.1) is 12.1 Å². The highest BCUT2D eigenvalue weighted by Crippen LogP contribution is 2.85. The second kappa shape index (κ2) is 7.90. The fourth-order valence-corrected chi connectivity index (χ4v) is 7.43. The topological polar surface area (TPSA) is 95.2 Å². The first-order chi connectivity index (χ1) is 14.2. The summed E-state index contributed by atoms with van der Waals surface area (Å²) < 4.78 is 40.4. The Balaban J connectivity index is 2.06. The summed E-state index contributed by atoms with van der Waals surface area (Å²) >= 11 is 3.04. The van der Waals surface area contributed by atoms with Crippen molar-refractivity contribution in [2.24, 2.45) is 21.6 Å². The zero-order valence-corrected chi connectivity index (χ0v) is 18.1. The summed E-state index contributed by atoms with van der Waals surface area (Å²) in [5.74, 6) is 0.667. The van der Waals surface area contributed by atoms with Crippen molar-refractivity contribution in [1.29, 1.82) is 10.5 Å². The molecule has 3 unspecified atom stereocenters. The van der Waals surface area contributed by atoms with Gasteiger partial charge in [0.2, 0.25) is 0 Å². The molecule has 0 amide bonds. The van der Waals surface area contributed by atoms with E-state index in [2.05, 4.69) is 21.9 Å². The highest BCUT2D eigenvalue weighted by atomic mass is 32.2. The lowest BCUT2D eigenvalue weighted by Gasteiger charge is -2.32. The van der Waals surface area contributed by atoms with E-state index in [9.17, 15) is 23.7 Å². The van der Waals surface area contributed by atoms with Crippen LogP contribution in [0.2, 0.25) is 0 Å². The van der Waals surface area contributed by atoms with E-state index in [1.165, 1.54) is 47.8 Å². The molecule has 1 fully saturated rings. The molecular formula is C20H21F3N4OS2. The number of thioether (sulfide) groups is 2. The van der Waals surface area contributed by atoms with Gasteiger partial charge >= 0.3 is 6.36 Å². The van der Waals surface area contributed by atoms with Crippen LogP contribution in [0.1, 0.15) is 38.2 Å². The monoisotopic (exact) mass is 454 g/mol. The van der Waals surface area contributed by atoms with Crippen molar-refractivity contribution in [1.82, 2.24) is 0 Å². The van der Waals surface area contributed by atoms with Crippen LogP contribution in [0.3, 0.4) is 0 Å². The van der Waals surface area contributed by atoms with Gasteiger partial charge < -0.3 is 10.5 Å². The summed E-state index contributed by atoms with van der Waals surface area (Å²) in [4.78, 5) is 4.66. The molecule has 2 aliphatic rings. The summed E-state index contributed by atoms with van der Waals surface area (Å²) in [6.45, 7) is 4.04. The van der Waals surface area contributed by atoms with E-state index in [-0.39, 0.29) is 11.6 Å². The van der Waals surface area contributed by atoms with Crippen LogP contribution in [-0.2, 0) is 0 Å². The molecule has 0 radical (unpaired) electrons. The normalized spacial score (nSPS) is 28.8. The Bertz CT molecular complexity index is 914. The van der Waals surface area contributed by atoms with E-state index in [0.717, 1.165) is 24.3 Å². The number of hydrogen-bond donors (Lipinski definition) is 1. The smallest absolute Gasteiger partial charge is 0.406 e. The first-order valence-corrected chi connectivity index (χ1v) is 11.5. The lowest BCUT2D eigenvalue weighted by atomic mass is 9.97. The molecular weight excluding hydrogens is 433 g/mol. The third-order valence-electron chi connectivity index (χ3n) is 5.38. The molecule has 30 heavy (non-hydrogen) atoms. The molecule has 1 saturated carbocycles. The number of nitrogens with two attached hydrogens (primary N) is 1. The molecule has 1 aromatic rings. The van der Waals surface area contributed by atoms with Crippen molar-refractivity contribution in [2.75, 3.05) is 11.5 Å². The molecule has 0 aromatic heterocycles. The number of fused-ring (bicyclic) bond motifs is 1. The zero-order valence-electron chi connectivity index (χ0n) is 16.5. The predicted molar refractivity (Wildman–Crippen MR) is 112 cm³/mol. The van der Waals surface area contributed by atoms with Crippen molar-refractivity contribution in [3.05, 3.63) is 29.8 Å². The number of alkyl halides is 3. The quantitative estimate of drug-likeness (QED) is 0.555. The van der Waals surface area contributed by atoms with Gasteiger partial charge in [-0.25, -0.2) is 4.99 Å². The minimum absolute atomic E-state index is 0.124. The Hall–Kier alpha value is -2.04. The van der Waals surface area contributed by atoms with Crippen molar-refractivity contribution < 1.29 is 17.9 Å². The maximum atomic E-state index is 12.5. The van der Waals surface area contributed by atoms with Crippen LogP contribution in [0.4, 0.5) is 13.2 Å². The number of aliphatic imine (C=N–C) groups is 1. The summed E-state index contributed by atoms with van der Waals surface area (Å²) in [7, 11) is 0. The zero-order chi connectivity index (χ0) is 22.2. The average molecular weight is 455 g/mol. The average Bonchev–Trinajstić information content (AvgIpc) is 3.28. The Morgan fingerprint density at radius 2 is 1.67 bits per heavy atom. The number of rotatable bonds is 8. The van der Waals surface area contributed by atoms with Gasteiger partial charge in [0.15, 0.2) is 4.20 Å². The van der Waals surface area contributed by atoms with Crippen LogP contribution in [0, 0.1) is 33.5 Å². The van der Waals surface area contributed by atoms with Crippen molar-refractivity contribution >= 4 is 29.4 Å². The van der Waals surface area contributed by atoms with Crippen molar-refractivity contribution in [3.63, 3.8) is 0 Å². The molecule has 1 aliphatic carbocycles. The first-order valence-electron chi connectivity index (χ1n) is 9.50. The minimum Gasteiger partial charge on any atom is -0.406 e. The number of nitriles is 2. The molecule has 3 atom stereocenters. The van der Waals surface area contributed by atoms with Crippen LogP contribution in [0.15, 0.2) is 29.3 Å². The third-order valence-corrected chi connectivity index (χ3v) is 8.92. The molecule has 160 valence electrons. The lowest BCUT2D eigenvalue weighted by Crippen LogP contribution is -2.32. The Morgan fingerprint density at radius 3 is 2.10 bits per heavy atom. The van der Waals surface area contributed by atoms with E-state index >= 15 is 0 Å². The molecule has 1 aromatic carbocycles. The van der Waals surface area contributed by atoms with Crippen molar-refractivity contribution in [2.45, 2.75) is 43.2 Å². The molecule has 3 rings (SSSR count). The number of hydrogen-bond acceptors (Lipinski definition) is 7. The number of ether oxygens (including phenoxy) is 1. The summed E-state index contributed by atoms with van der Waals surface area (Å²) in [5, 5.41) is 20.4. The Morgan fingerprint density at radius 1 is 1.10 bits per heavy atom. The fraction of sp³-hybridized carbons (Fsp3) is 0.550. The van der Waals surface area contributed by atoms with Gasteiger partial charge in [-0.05, 0) is 42.0 Å². The van der Waals surface area contributed by atoms with Crippen LogP contribution in [0.25, 0.3) is 0 Å². The fourth-order valence-electron chi connectivity index (χ4n) is 4.20. The maximum Gasteiger partial charge on any atom is 0.573 e. The SMILES string of the molecule is CCCSC1(SCCC)N=C(N)C2(C#N)C(c3ccc(OC(F)(F)F)cc3)C12C#N. The summed E-state index contributed by atoms with van der Waals surface area (Å²) in [5.41, 5.74) is 4.35. The molecule has 1 heterocycles. The van der Waals surface area contributed by atoms with Crippen LogP contribution >= 0.6 is 23.5 Å². The van der Waals surface area contributed by atoms with Gasteiger partial charge in [-0.2, -0.15) is 10.5 Å². The molecule has 0 spiro atoms. The predicted octanol–water partition coefficient (Wildman–Crippen LogP) is 5.01.